The summed E-state index contributed by atoms with van der Waals surface area (Å²) in [7, 11) is 0. The predicted octanol–water partition coefficient (Wildman–Crippen LogP) is 3.90. The highest BCUT2D eigenvalue weighted by molar-refractivity contribution is 7.69. The summed E-state index contributed by atoms with van der Waals surface area (Å²) in [5.74, 6) is 1.21. The number of carbonyl (C=O) groups is 1. The summed E-state index contributed by atoms with van der Waals surface area (Å²) in [6.45, 7) is 0. The fraction of sp³-hybridized carbons (Fsp3) is 0.500. The van der Waals surface area contributed by atoms with Gasteiger partial charge in [0.25, 0.3) is 5.91 Å². The number of hydrogen-bond donors (Lipinski definition) is 2. The van der Waals surface area contributed by atoms with Gasteiger partial charge in [-0.3, -0.25) is 4.79 Å². The number of nitrogen functional groups attached to an aromatic ring is 1. The lowest BCUT2D eigenvalue weighted by Gasteiger charge is -2.09. The minimum Gasteiger partial charge on any atom is -0.397 e. The highest BCUT2D eigenvalue weighted by atomic mass is 35.5. The zero-order chi connectivity index (χ0) is 14.3. The molecule has 2 N–H and O–H groups in total. The third kappa shape index (κ3) is 3.18. The maximum absolute atomic E-state index is 12.2. The standard InChI is InChI=1S/C14H16Cl2N2OS/c15-9-5-10(12(17)11(16)6-9)14(19)18-20-13(7-1-2-7)8-3-4-8/h5-8,13,20H,1-4,17H2. The second-order valence-corrected chi connectivity index (χ2v) is 7.41. The van der Waals surface area contributed by atoms with E-state index in [0.717, 1.165) is 23.4 Å². The number of thiol groups is 1. The van der Waals surface area contributed by atoms with Gasteiger partial charge in [-0.15, -0.1) is 11.6 Å². The van der Waals surface area contributed by atoms with Crippen LogP contribution >= 0.6 is 23.2 Å². The van der Waals surface area contributed by atoms with Crippen LogP contribution in [0.1, 0.15) is 36.0 Å². The molecule has 2 aliphatic carbocycles. The van der Waals surface area contributed by atoms with Gasteiger partial charge < -0.3 is 5.73 Å². The Kier molecular flexibility index (Phi) is 4.07. The lowest BCUT2D eigenvalue weighted by molar-refractivity contribution is 0.101. The number of benzene rings is 1. The Morgan fingerprint density at radius 1 is 1.25 bits per heavy atom. The Balaban J connectivity index is 1.78. The molecule has 1 aromatic carbocycles. The SMILES string of the molecule is Nc1c(Cl)cc(Cl)cc1C(=O)N=[SH]C(C1CC1)C1CC1. The summed E-state index contributed by atoms with van der Waals surface area (Å²) in [6.07, 6.45) is 5.12. The van der Waals surface area contributed by atoms with Crippen molar-refractivity contribution in [3.05, 3.63) is 27.7 Å². The molecule has 108 valence electrons. The maximum Gasteiger partial charge on any atom is 0.284 e. The Hall–Kier alpha value is -0.580. The van der Waals surface area contributed by atoms with E-state index in [1.807, 2.05) is 0 Å². The molecule has 0 aliphatic heterocycles. The highest BCUT2D eigenvalue weighted by Crippen LogP contribution is 2.45. The van der Waals surface area contributed by atoms with Gasteiger partial charge in [0.1, 0.15) is 0 Å². The fourth-order valence-electron chi connectivity index (χ4n) is 2.38. The first-order valence-electron chi connectivity index (χ1n) is 6.76. The molecule has 0 heterocycles. The van der Waals surface area contributed by atoms with Gasteiger partial charge in [0.2, 0.25) is 0 Å². The topological polar surface area (TPSA) is 55.5 Å². The van der Waals surface area contributed by atoms with Gasteiger partial charge in [-0.1, -0.05) is 23.2 Å². The fourth-order valence-corrected chi connectivity index (χ4v) is 4.20. The van der Waals surface area contributed by atoms with Crippen LogP contribution in [0, 0.1) is 11.8 Å². The van der Waals surface area contributed by atoms with Crippen molar-refractivity contribution in [3.8, 4) is 0 Å². The third-order valence-corrected chi connectivity index (χ3v) is 5.75. The van der Waals surface area contributed by atoms with Gasteiger partial charge in [0, 0.05) is 10.3 Å². The summed E-state index contributed by atoms with van der Waals surface area (Å²) >= 11 is 12.7. The van der Waals surface area contributed by atoms with Crippen molar-refractivity contribution in [1.29, 1.82) is 0 Å². The van der Waals surface area contributed by atoms with Crippen molar-refractivity contribution in [1.82, 2.24) is 0 Å². The van der Waals surface area contributed by atoms with Crippen molar-refractivity contribution in [2.75, 3.05) is 5.73 Å². The van der Waals surface area contributed by atoms with Gasteiger partial charge in [0.15, 0.2) is 0 Å². The summed E-state index contributed by atoms with van der Waals surface area (Å²) in [6, 6.07) is 3.07. The molecule has 2 saturated carbocycles. The molecule has 2 aliphatic rings. The number of rotatable bonds is 4. The van der Waals surface area contributed by atoms with Gasteiger partial charge in [0.05, 0.1) is 16.3 Å². The maximum atomic E-state index is 12.2. The van der Waals surface area contributed by atoms with Crippen molar-refractivity contribution >= 4 is 46.4 Å². The number of nitrogens with two attached hydrogens (primary N) is 1. The smallest absolute Gasteiger partial charge is 0.284 e. The van der Waals surface area contributed by atoms with Crippen molar-refractivity contribution in [2.24, 2.45) is 16.2 Å². The van der Waals surface area contributed by atoms with Crippen LogP contribution in [0.2, 0.25) is 10.0 Å². The molecule has 0 unspecified atom stereocenters. The van der Waals surface area contributed by atoms with Crippen LogP contribution in [0.5, 0.6) is 0 Å². The molecule has 20 heavy (non-hydrogen) atoms. The molecular formula is C14H16Cl2N2OS. The number of anilines is 1. The second-order valence-electron chi connectivity index (χ2n) is 5.53. The predicted molar refractivity (Wildman–Crippen MR) is 85.6 cm³/mol. The number of hydrogen-bond acceptors (Lipinski definition) is 2. The summed E-state index contributed by atoms with van der Waals surface area (Å²) in [5, 5.41) is 1.25. The summed E-state index contributed by atoms with van der Waals surface area (Å²) < 4.78 is 4.20. The Morgan fingerprint density at radius 3 is 2.40 bits per heavy atom. The van der Waals surface area contributed by atoms with E-state index in [-0.39, 0.29) is 11.6 Å². The minimum absolute atomic E-state index is 0.259. The van der Waals surface area contributed by atoms with Crippen molar-refractivity contribution in [2.45, 2.75) is 30.9 Å². The molecule has 3 nitrogen and oxygen atoms in total. The first-order valence-corrected chi connectivity index (χ1v) is 8.43. The quantitative estimate of drug-likeness (QED) is 0.649. The third-order valence-electron chi connectivity index (χ3n) is 3.82. The van der Waals surface area contributed by atoms with Crippen molar-refractivity contribution in [3.63, 3.8) is 0 Å². The second kappa shape index (κ2) is 5.66. The van der Waals surface area contributed by atoms with Crippen LogP contribution in [-0.4, -0.2) is 11.2 Å². The van der Waals surface area contributed by atoms with Crippen LogP contribution < -0.4 is 5.73 Å². The van der Waals surface area contributed by atoms with E-state index in [1.165, 1.54) is 37.8 Å². The first-order chi connectivity index (χ1) is 9.56. The molecule has 0 atom stereocenters. The molecule has 6 heteroatoms. The van der Waals surface area contributed by atoms with Crippen molar-refractivity contribution < 1.29 is 4.79 Å². The summed E-state index contributed by atoms with van der Waals surface area (Å²) in [5.41, 5.74) is 6.39. The molecule has 1 amide bonds. The molecule has 0 aromatic heterocycles. The van der Waals surface area contributed by atoms with E-state index in [4.69, 9.17) is 28.9 Å². The molecule has 1 aromatic rings. The Morgan fingerprint density at radius 2 is 1.85 bits per heavy atom. The minimum atomic E-state index is -0.320. The van der Waals surface area contributed by atoms with Gasteiger partial charge in [-0.25, -0.2) is 0 Å². The summed E-state index contributed by atoms with van der Waals surface area (Å²) in [4.78, 5) is 12.2. The average Bonchev–Trinajstić information content (AvgIpc) is 3.25. The zero-order valence-electron chi connectivity index (χ0n) is 10.9. The van der Waals surface area contributed by atoms with E-state index in [9.17, 15) is 4.79 Å². The van der Waals surface area contributed by atoms with Crippen LogP contribution in [0.25, 0.3) is 0 Å². The molecule has 0 bridgehead atoms. The molecule has 0 radical (unpaired) electrons. The van der Waals surface area contributed by atoms with Crippen LogP contribution in [-0.2, 0) is 11.6 Å². The number of amides is 1. The van der Waals surface area contributed by atoms with E-state index in [0.29, 0.717) is 20.9 Å². The molecule has 3 rings (SSSR count). The number of carbonyl (C=O) groups excluding carboxylic acids is 1. The number of nitrogens with zero attached hydrogens (tertiary/aromatic N) is 1. The average molecular weight is 331 g/mol. The van der Waals surface area contributed by atoms with E-state index in [1.54, 1.807) is 0 Å². The zero-order valence-corrected chi connectivity index (χ0v) is 13.3. The Labute approximate surface area is 132 Å². The van der Waals surface area contributed by atoms with Gasteiger partial charge >= 0.3 is 0 Å². The largest absolute Gasteiger partial charge is 0.397 e. The van der Waals surface area contributed by atoms with E-state index < -0.39 is 0 Å². The van der Waals surface area contributed by atoms with E-state index >= 15 is 0 Å². The lowest BCUT2D eigenvalue weighted by Crippen LogP contribution is -2.12. The van der Waals surface area contributed by atoms with Gasteiger partial charge in [-0.2, -0.15) is 4.36 Å². The van der Waals surface area contributed by atoms with Crippen LogP contribution in [0.15, 0.2) is 16.5 Å². The molecule has 0 spiro atoms. The molecule has 0 saturated heterocycles. The van der Waals surface area contributed by atoms with Crippen LogP contribution in [0.4, 0.5) is 5.69 Å². The van der Waals surface area contributed by atoms with E-state index in [2.05, 4.69) is 4.36 Å². The highest BCUT2D eigenvalue weighted by Gasteiger charge is 2.40. The normalized spacial score (nSPS) is 19.4. The molecular weight excluding hydrogens is 315 g/mol. The van der Waals surface area contributed by atoms with Crippen LogP contribution in [0.3, 0.4) is 0 Å². The lowest BCUT2D eigenvalue weighted by atomic mass is 10.2. The number of halogens is 2. The Bertz CT molecular complexity index is 571. The molecule has 2 fully saturated rings. The van der Waals surface area contributed by atoms with Gasteiger partial charge in [-0.05, 0) is 49.7 Å². The first kappa shape index (κ1) is 14.4. The monoisotopic (exact) mass is 330 g/mol.